The number of aromatic hydroxyl groups is 1. The van der Waals surface area contributed by atoms with Crippen LogP contribution in [0.15, 0.2) is 22.7 Å². The lowest BCUT2D eigenvalue weighted by molar-refractivity contribution is -0.121. The lowest BCUT2D eigenvalue weighted by Crippen LogP contribution is -2.34. The Morgan fingerprint density at radius 2 is 2.24 bits per heavy atom. The number of carbonyl (C=O) groups excluding carboxylic acids is 1. The van der Waals surface area contributed by atoms with Crippen molar-refractivity contribution in [1.29, 1.82) is 0 Å². The first kappa shape index (κ1) is 14.0. The molecule has 1 aromatic rings. The Bertz CT molecular complexity index is 396. The maximum atomic E-state index is 11.4. The third-order valence-corrected chi connectivity index (χ3v) is 2.94. The fraction of sp³-hybridized carbons (Fsp3) is 0.417. The molecule has 0 aromatic heterocycles. The summed E-state index contributed by atoms with van der Waals surface area (Å²) in [6.07, 6.45) is 0. The van der Waals surface area contributed by atoms with Gasteiger partial charge in [0, 0.05) is 18.7 Å². The van der Waals surface area contributed by atoms with Crippen molar-refractivity contribution in [3.63, 3.8) is 0 Å². The van der Waals surface area contributed by atoms with Gasteiger partial charge in [-0.15, -0.1) is 0 Å². The molecule has 0 radical (unpaired) electrons. The third kappa shape index (κ3) is 4.36. The number of phenolic OH excluding ortho intramolecular Hbond substituents is 1. The number of benzene rings is 1. The number of hydrogen-bond donors (Lipinski definition) is 2. The maximum absolute atomic E-state index is 11.4. The van der Waals surface area contributed by atoms with Gasteiger partial charge in [-0.05, 0) is 36.0 Å². The van der Waals surface area contributed by atoms with Gasteiger partial charge < -0.3 is 10.4 Å². The second kappa shape index (κ2) is 6.61. The van der Waals surface area contributed by atoms with Gasteiger partial charge in [-0.2, -0.15) is 0 Å². The monoisotopic (exact) mass is 300 g/mol. The molecule has 0 unspecified atom stereocenters. The van der Waals surface area contributed by atoms with Crippen LogP contribution in [0.5, 0.6) is 5.75 Å². The summed E-state index contributed by atoms with van der Waals surface area (Å²) in [7, 11) is 1.84. The molecule has 0 aliphatic rings. The molecule has 2 N–H and O–H groups in total. The number of carbonyl (C=O) groups is 1. The van der Waals surface area contributed by atoms with Crippen LogP contribution in [-0.4, -0.2) is 36.1 Å². The zero-order chi connectivity index (χ0) is 12.8. The zero-order valence-electron chi connectivity index (χ0n) is 10.0. The highest BCUT2D eigenvalue weighted by Gasteiger charge is 2.10. The molecule has 1 rings (SSSR count). The molecule has 1 amide bonds. The molecular weight excluding hydrogens is 284 g/mol. The Balaban J connectivity index is 2.59. The van der Waals surface area contributed by atoms with E-state index in [-0.39, 0.29) is 11.7 Å². The van der Waals surface area contributed by atoms with E-state index < -0.39 is 0 Å². The van der Waals surface area contributed by atoms with Crippen molar-refractivity contribution >= 4 is 21.8 Å². The first-order chi connectivity index (χ1) is 8.04. The van der Waals surface area contributed by atoms with Crippen molar-refractivity contribution < 1.29 is 9.90 Å². The zero-order valence-corrected chi connectivity index (χ0v) is 11.6. The standard InChI is InChI=1S/C12H17BrN2O2/c1-3-14-11(16)8-15(2)7-9-5-4-6-10(13)12(9)17/h4-6,17H,3,7-8H2,1-2H3,(H,14,16). The van der Waals surface area contributed by atoms with Crippen molar-refractivity contribution in [3.05, 3.63) is 28.2 Å². The molecular formula is C12H17BrN2O2. The average Bonchev–Trinajstić information content (AvgIpc) is 2.25. The van der Waals surface area contributed by atoms with Gasteiger partial charge in [-0.1, -0.05) is 12.1 Å². The molecule has 0 atom stereocenters. The molecule has 0 saturated heterocycles. The van der Waals surface area contributed by atoms with E-state index in [0.29, 0.717) is 24.1 Å². The van der Waals surface area contributed by atoms with E-state index in [4.69, 9.17) is 0 Å². The number of para-hydroxylation sites is 1. The van der Waals surface area contributed by atoms with Gasteiger partial charge >= 0.3 is 0 Å². The highest BCUT2D eigenvalue weighted by molar-refractivity contribution is 9.10. The molecule has 0 aliphatic carbocycles. The van der Waals surface area contributed by atoms with E-state index in [2.05, 4.69) is 21.2 Å². The van der Waals surface area contributed by atoms with Gasteiger partial charge in [0.2, 0.25) is 5.91 Å². The Morgan fingerprint density at radius 1 is 1.53 bits per heavy atom. The number of hydrogen-bond acceptors (Lipinski definition) is 3. The van der Waals surface area contributed by atoms with Gasteiger partial charge in [0.25, 0.3) is 0 Å². The highest BCUT2D eigenvalue weighted by Crippen LogP contribution is 2.27. The Kier molecular flexibility index (Phi) is 5.44. The topological polar surface area (TPSA) is 52.6 Å². The Hall–Kier alpha value is -1.07. The van der Waals surface area contributed by atoms with E-state index >= 15 is 0 Å². The second-order valence-corrected chi connectivity index (χ2v) is 4.73. The minimum atomic E-state index is -0.00973. The molecule has 0 heterocycles. The molecule has 0 fully saturated rings. The quantitative estimate of drug-likeness (QED) is 0.871. The average molecular weight is 301 g/mol. The van der Waals surface area contributed by atoms with Crippen molar-refractivity contribution in [2.75, 3.05) is 20.1 Å². The number of phenols is 1. The number of likely N-dealkylation sites (N-methyl/N-ethyl adjacent to an activating group) is 2. The number of nitrogens with zero attached hydrogens (tertiary/aromatic N) is 1. The summed E-state index contributed by atoms with van der Waals surface area (Å²) in [5, 5.41) is 12.5. The number of rotatable bonds is 5. The highest BCUT2D eigenvalue weighted by atomic mass is 79.9. The van der Waals surface area contributed by atoms with E-state index in [1.165, 1.54) is 0 Å². The first-order valence-corrected chi connectivity index (χ1v) is 6.25. The molecule has 5 heteroatoms. The van der Waals surface area contributed by atoms with Crippen LogP contribution in [0.3, 0.4) is 0 Å². The van der Waals surface area contributed by atoms with Crippen molar-refractivity contribution in [3.8, 4) is 5.75 Å². The normalized spacial score (nSPS) is 10.6. The van der Waals surface area contributed by atoms with E-state index in [0.717, 1.165) is 5.56 Å². The lowest BCUT2D eigenvalue weighted by atomic mass is 10.2. The van der Waals surface area contributed by atoms with Gasteiger partial charge in [-0.3, -0.25) is 9.69 Å². The van der Waals surface area contributed by atoms with Crippen molar-refractivity contribution in [1.82, 2.24) is 10.2 Å². The van der Waals surface area contributed by atoms with Crippen LogP contribution in [0.2, 0.25) is 0 Å². The fourth-order valence-electron chi connectivity index (χ4n) is 1.53. The smallest absolute Gasteiger partial charge is 0.234 e. The number of nitrogens with one attached hydrogen (secondary N) is 1. The SMILES string of the molecule is CCNC(=O)CN(C)Cc1cccc(Br)c1O. The van der Waals surface area contributed by atoms with E-state index in [1.54, 1.807) is 6.07 Å². The van der Waals surface area contributed by atoms with Crippen LogP contribution >= 0.6 is 15.9 Å². The van der Waals surface area contributed by atoms with Crippen LogP contribution in [0.1, 0.15) is 12.5 Å². The molecule has 0 bridgehead atoms. The summed E-state index contributed by atoms with van der Waals surface area (Å²) in [6, 6.07) is 5.48. The molecule has 4 nitrogen and oxygen atoms in total. The Labute approximate surface area is 110 Å². The summed E-state index contributed by atoms with van der Waals surface area (Å²) in [5.74, 6) is 0.222. The Morgan fingerprint density at radius 3 is 2.88 bits per heavy atom. The molecule has 1 aromatic carbocycles. The largest absolute Gasteiger partial charge is 0.506 e. The van der Waals surface area contributed by atoms with Gasteiger partial charge in [-0.25, -0.2) is 0 Å². The van der Waals surface area contributed by atoms with Gasteiger partial charge in [0.15, 0.2) is 0 Å². The molecule has 0 aliphatic heterocycles. The van der Waals surface area contributed by atoms with Crippen LogP contribution in [-0.2, 0) is 11.3 Å². The lowest BCUT2D eigenvalue weighted by Gasteiger charge is -2.17. The number of amides is 1. The van der Waals surface area contributed by atoms with Gasteiger partial charge in [0.05, 0.1) is 11.0 Å². The van der Waals surface area contributed by atoms with E-state index in [1.807, 2.05) is 31.0 Å². The van der Waals surface area contributed by atoms with E-state index in [9.17, 15) is 9.90 Å². The second-order valence-electron chi connectivity index (χ2n) is 3.87. The minimum absolute atomic E-state index is 0.00973. The summed E-state index contributed by atoms with van der Waals surface area (Å²) in [4.78, 5) is 13.2. The van der Waals surface area contributed by atoms with Crippen LogP contribution in [0.25, 0.3) is 0 Å². The molecule has 0 saturated carbocycles. The van der Waals surface area contributed by atoms with Crippen molar-refractivity contribution in [2.24, 2.45) is 0 Å². The summed E-state index contributed by atoms with van der Waals surface area (Å²) >= 11 is 3.26. The van der Waals surface area contributed by atoms with Crippen molar-refractivity contribution in [2.45, 2.75) is 13.5 Å². The van der Waals surface area contributed by atoms with Crippen LogP contribution < -0.4 is 5.32 Å². The summed E-state index contributed by atoms with van der Waals surface area (Å²) < 4.78 is 0.668. The molecule has 94 valence electrons. The number of halogens is 1. The van der Waals surface area contributed by atoms with Gasteiger partial charge in [0.1, 0.15) is 5.75 Å². The third-order valence-electron chi connectivity index (χ3n) is 2.30. The summed E-state index contributed by atoms with van der Waals surface area (Å²) in [6.45, 7) is 3.37. The fourth-order valence-corrected chi connectivity index (χ4v) is 1.94. The van der Waals surface area contributed by atoms with Crippen LogP contribution in [0.4, 0.5) is 0 Å². The summed E-state index contributed by atoms with van der Waals surface area (Å²) in [5.41, 5.74) is 0.797. The predicted octanol–water partition coefficient (Wildman–Crippen LogP) is 1.72. The van der Waals surface area contributed by atoms with Crippen LogP contribution in [0, 0.1) is 0 Å². The maximum Gasteiger partial charge on any atom is 0.234 e. The molecule has 0 spiro atoms. The first-order valence-electron chi connectivity index (χ1n) is 5.46. The minimum Gasteiger partial charge on any atom is -0.506 e. The predicted molar refractivity (Wildman–Crippen MR) is 70.8 cm³/mol. The molecule has 17 heavy (non-hydrogen) atoms.